The zero-order valence-corrected chi connectivity index (χ0v) is 19.4. The van der Waals surface area contributed by atoms with Crippen LogP contribution in [0.4, 0.5) is 5.13 Å². The number of nitrogens with zero attached hydrogens (tertiary/aromatic N) is 5. The van der Waals surface area contributed by atoms with Crippen molar-refractivity contribution < 1.29 is 9.53 Å². The Kier molecular flexibility index (Phi) is 6.71. The number of fused-ring (bicyclic) bond motifs is 1. The number of thiazole rings is 1. The maximum Gasteiger partial charge on any atom is 0.300 e. The molecule has 2 aromatic heterocycles. The van der Waals surface area contributed by atoms with E-state index in [4.69, 9.17) is 4.74 Å². The molecule has 0 radical (unpaired) electrons. The average molecular weight is 457 g/mol. The fourth-order valence-electron chi connectivity index (χ4n) is 3.67. The lowest BCUT2D eigenvalue weighted by atomic mass is 10.2. The number of likely N-dealkylation sites (N-methyl/N-ethyl adjacent to an activating group) is 1. The summed E-state index contributed by atoms with van der Waals surface area (Å²) >= 11 is 1.33. The fraction of sp³-hybridized carbons (Fsp3) is 0.455. The summed E-state index contributed by atoms with van der Waals surface area (Å²) in [6.45, 7) is 2.35. The number of aromatic nitrogens is 3. The molecule has 3 aromatic rings. The number of benzene rings is 1. The summed E-state index contributed by atoms with van der Waals surface area (Å²) in [5.74, 6) is -0.0285. The SMILES string of the molecule is CN(C)CCOc1nc2sc(N3CCCC3C(=O)NCc3ccccc3)nc2c(=O)n1C. The number of anilines is 1. The van der Waals surface area contributed by atoms with Crippen LogP contribution in [-0.2, 0) is 18.4 Å². The second-order valence-electron chi connectivity index (χ2n) is 8.12. The maximum absolute atomic E-state index is 12.9. The second kappa shape index (κ2) is 9.66. The summed E-state index contributed by atoms with van der Waals surface area (Å²) in [6.07, 6.45) is 1.64. The minimum Gasteiger partial charge on any atom is -0.463 e. The van der Waals surface area contributed by atoms with E-state index >= 15 is 0 Å². The quantitative estimate of drug-likeness (QED) is 0.551. The van der Waals surface area contributed by atoms with E-state index in [1.807, 2.05) is 54.2 Å². The van der Waals surface area contributed by atoms with E-state index in [2.05, 4.69) is 15.3 Å². The molecule has 0 aliphatic carbocycles. The molecule has 3 heterocycles. The van der Waals surface area contributed by atoms with Crippen LogP contribution in [0.15, 0.2) is 35.1 Å². The molecule has 1 aromatic carbocycles. The Morgan fingerprint density at radius 1 is 1.28 bits per heavy atom. The van der Waals surface area contributed by atoms with Gasteiger partial charge in [0, 0.05) is 26.7 Å². The smallest absolute Gasteiger partial charge is 0.300 e. The first-order chi connectivity index (χ1) is 15.4. The molecule has 1 N–H and O–H groups in total. The highest BCUT2D eigenvalue weighted by Crippen LogP contribution is 2.32. The van der Waals surface area contributed by atoms with Gasteiger partial charge in [0.2, 0.25) is 5.91 Å². The van der Waals surface area contributed by atoms with Crippen LogP contribution in [0.5, 0.6) is 6.01 Å². The van der Waals surface area contributed by atoms with Gasteiger partial charge in [-0.3, -0.25) is 14.2 Å². The number of hydrogen-bond donors (Lipinski definition) is 1. The Morgan fingerprint density at radius 3 is 2.81 bits per heavy atom. The highest BCUT2D eigenvalue weighted by molar-refractivity contribution is 7.21. The number of carbonyl (C=O) groups excluding carboxylic acids is 1. The summed E-state index contributed by atoms with van der Waals surface area (Å²) in [5, 5.41) is 3.67. The van der Waals surface area contributed by atoms with Crippen LogP contribution in [0.3, 0.4) is 0 Å². The maximum atomic E-state index is 12.9. The standard InChI is InChI=1S/C22H28N6O3S/c1-26(2)12-13-31-21-25-19-17(20(30)27(21)3)24-22(32-19)28-11-7-10-16(28)18(29)23-14-15-8-5-4-6-9-15/h4-6,8-9,16H,7,10-14H2,1-3H3,(H,23,29). The molecule has 0 spiro atoms. The van der Waals surface area contributed by atoms with Crippen LogP contribution < -0.4 is 20.5 Å². The van der Waals surface area contributed by atoms with Crippen LogP contribution in [-0.4, -0.2) is 65.2 Å². The van der Waals surface area contributed by atoms with E-state index in [1.54, 1.807) is 7.05 Å². The molecule has 1 amide bonds. The monoisotopic (exact) mass is 456 g/mol. The number of rotatable bonds is 8. The third-order valence-corrected chi connectivity index (χ3v) is 6.46. The van der Waals surface area contributed by atoms with E-state index in [9.17, 15) is 9.59 Å². The normalized spacial score (nSPS) is 16.1. The lowest BCUT2D eigenvalue weighted by molar-refractivity contribution is -0.122. The Balaban J connectivity index is 1.52. The van der Waals surface area contributed by atoms with Crippen LogP contribution in [0.2, 0.25) is 0 Å². The summed E-state index contributed by atoms with van der Waals surface area (Å²) in [7, 11) is 5.54. The fourth-order valence-corrected chi connectivity index (χ4v) is 4.67. The van der Waals surface area contributed by atoms with Gasteiger partial charge in [-0.2, -0.15) is 4.98 Å². The van der Waals surface area contributed by atoms with Gasteiger partial charge in [0.25, 0.3) is 11.6 Å². The minimum atomic E-state index is -0.307. The van der Waals surface area contributed by atoms with Crippen molar-refractivity contribution >= 4 is 32.7 Å². The van der Waals surface area contributed by atoms with E-state index in [0.29, 0.717) is 28.6 Å². The van der Waals surface area contributed by atoms with Gasteiger partial charge in [0.05, 0.1) is 0 Å². The molecule has 1 saturated heterocycles. The van der Waals surface area contributed by atoms with Crippen molar-refractivity contribution in [1.29, 1.82) is 0 Å². The Morgan fingerprint density at radius 2 is 2.06 bits per heavy atom. The summed E-state index contributed by atoms with van der Waals surface area (Å²) in [4.78, 5) is 39.3. The first-order valence-corrected chi connectivity index (χ1v) is 11.5. The van der Waals surface area contributed by atoms with Gasteiger partial charge >= 0.3 is 0 Å². The summed E-state index contributed by atoms with van der Waals surface area (Å²) < 4.78 is 7.10. The third-order valence-electron chi connectivity index (χ3n) is 5.47. The van der Waals surface area contributed by atoms with Crippen molar-refractivity contribution in [3.63, 3.8) is 0 Å². The lowest BCUT2D eigenvalue weighted by Crippen LogP contribution is -2.43. The van der Waals surface area contributed by atoms with Gasteiger partial charge in [-0.25, -0.2) is 4.98 Å². The van der Waals surface area contributed by atoms with Gasteiger partial charge in [0.1, 0.15) is 12.6 Å². The Bertz CT molecular complexity index is 1140. The zero-order valence-electron chi connectivity index (χ0n) is 18.6. The van der Waals surface area contributed by atoms with Crippen molar-refractivity contribution in [2.45, 2.75) is 25.4 Å². The Labute approximate surface area is 190 Å². The van der Waals surface area contributed by atoms with Crippen molar-refractivity contribution in [3.8, 4) is 6.01 Å². The van der Waals surface area contributed by atoms with Gasteiger partial charge in [-0.1, -0.05) is 41.7 Å². The zero-order chi connectivity index (χ0) is 22.7. The molecule has 10 heteroatoms. The highest BCUT2D eigenvalue weighted by atomic mass is 32.1. The van der Waals surface area contributed by atoms with Crippen LogP contribution in [0.1, 0.15) is 18.4 Å². The van der Waals surface area contributed by atoms with Crippen LogP contribution >= 0.6 is 11.3 Å². The first-order valence-electron chi connectivity index (χ1n) is 10.7. The first kappa shape index (κ1) is 22.2. The van der Waals surface area contributed by atoms with E-state index in [0.717, 1.165) is 31.5 Å². The number of nitrogens with one attached hydrogen (secondary N) is 1. The summed E-state index contributed by atoms with van der Waals surface area (Å²) in [5.41, 5.74) is 1.12. The molecule has 1 atom stereocenters. The molecule has 4 rings (SSSR count). The molecule has 170 valence electrons. The molecule has 1 unspecified atom stereocenters. The molecule has 9 nitrogen and oxygen atoms in total. The molecule has 1 aliphatic rings. The minimum absolute atomic E-state index is 0.0285. The number of amides is 1. The molecular formula is C22H28N6O3S. The Hall–Kier alpha value is -2.98. The topological polar surface area (TPSA) is 92.6 Å². The third kappa shape index (κ3) is 4.76. The second-order valence-corrected chi connectivity index (χ2v) is 9.07. The number of carbonyl (C=O) groups is 1. The van der Waals surface area contributed by atoms with Gasteiger partial charge in [-0.15, -0.1) is 0 Å². The van der Waals surface area contributed by atoms with Crippen molar-refractivity contribution in [2.75, 3.05) is 38.7 Å². The summed E-state index contributed by atoms with van der Waals surface area (Å²) in [6, 6.07) is 9.80. The highest BCUT2D eigenvalue weighted by Gasteiger charge is 2.33. The van der Waals surface area contributed by atoms with Crippen molar-refractivity contribution in [3.05, 3.63) is 46.2 Å². The van der Waals surface area contributed by atoms with Gasteiger partial charge in [0.15, 0.2) is 15.5 Å². The predicted octanol–water partition coefficient (Wildman–Crippen LogP) is 1.62. The van der Waals surface area contributed by atoms with Crippen LogP contribution in [0, 0.1) is 0 Å². The molecular weight excluding hydrogens is 428 g/mol. The molecule has 1 aliphatic heterocycles. The number of ether oxygens (including phenoxy) is 1. The lowest BCUT2D eigenvalue weighted by Gasteiger charge is -2.23. The van der Waals surface area contributed by atoms with E-state index < -0.39 is 0 Å². The predicted molar refractivity (Wildman–Crippen MR) is 125 cm³/mol. The number of hydrogen-bond acceptors (Lipinski definition) is 8. The van der Waals surface area contributed by atoms with Gasteiger partial charge < -0.3 is 19.9 Å². The molecule has 32 heavy (non-hydrogen) atoms. The molecule has 0 saturated carbocycles. The van der Waals surface area contributed by atoms with E-state index in [1.165, 1.54) is 15.9 Å². The average Bonchev–Trinajstić information content (AvgIpc) is 3.43. The van der Waals surface area contributed by atoms with Crippen molar-refractivity contribution in [1.82, 2.24) is 24.8 Å². The van der Waals surface area contributed by atoms with Crippen LogP contribution in [0.25, 0.3) is 10.3 Å². The largest absolute Gasteiger partial charge is 0.463 e. The molecule has 1 fully saturated rings. The molecule has 0 bridgehead atoms. The van der Waals surface area contributed by atoms with Gasteiger partial charge in [-0.05, 0) is 32.5 Å². The van der Waals surface area contributed by atoms with E-state index in [-0.39, 0.29) is 23.5 Å². The van der Waals surface area contributed by atoms with Crippen molar-refractivity contribution in [2.24, 2.45) is 7.05 Å².